The molecule has 2 N–H and O–H groups in total. The number of benzene rings is 1. The number of nitrogens with zero attached hydrogens (tertiary/aromatic N) is 2. The smallest absolute Gasteiger partial charge is 0.224 e. The average Bonchev–Trinajstić information content (AvgIpc) is 3.35. The predicted molar refractivity (Wildman–Crippen MR) is 102 cm³/mol. The molecule has 6 heteroatoms. The lowest BCUT2D eigenvalue weighted by atomic mass is 10.1. The van der Waals surface area contributed by atoms with E-state index in [1.54, 1.807) is 11.3 Å². The van der Waals surface area contributed by atoms with Crippen LogP contribution < -0.4 is 10.2 Å². The zero-order chi connectivity index (χ0) is 17.1. The molecule has 1 aliphatic heterocycles. The van der Waals surface area contributed by atoms with Crippen LogP contribution in [0.25, 0.3) is 10.9 Å². The Kier molecular flexibility index (Phi) is 4.70. The molecule has 0 unspecified atom stereocenters. The lowest BCUT2D eigenvalue weighted by Crippen LogP contribution is -2.27. The van der Waals surface area contributed by atoms with Crippen LogP contribution in [0.5, 0.6) is 0 Å². The third kappa shape index (κ3) is 3.69. The zero-order valence-electron chi connectivity index (χ0n) is 14.1. The SMILES string of the molecule is O=C(Cc1c[nH]c2ccccc12)NCCc1csc(N2CCCC2)n1. The third-order valence-corrected chi connectivity index (χ3v) is 5.60. The highest BCUT2D eigenvalue weighted by atomic mass is 32.1. The summed E-state index contributed by atoms with van der Waals surface area (Å²) in [5, 5.41) is 7.36. The monoisotopic (exact) mass is 354 g/mol. The number of carbonyl (C=O) groups is 1. The van der Waals surface area contributed by atoms with E-state index in [-0.39, 0.29) is 5.91 Å². The van der Waals surface area contributed by atoms with E-state index < -0.39 is 0 Å². The molecule has 0 spiro atoms. The molecular formula is C19H22N4OS. The minimum absolute atomic E-state index is 0.0553. The molecule has 1 saturated heterocycles. The van der Waals surface area contributed by atoms with Crippen molar-refractivity contribution in [2.45, 2.75) is 25.7 Å². The van der Waals surface area contributed by atoms with Crippen molar-refractivity contribution in [1.82, 2.24) is 15.3 Å². The number of fused-ring (bicyclic) bond motifs is 1. The van der Waals surface area contributed by atoms with E-state index in [4.69, 9.17) is 4.98 Å². The Bertz CT molecular complexity index is 863. The molecule has 1 aromatic carbocycles. The van der Waals surface area contributed by atoms with Crippen molar-refractivity contribution in [3.8, 4) is 0 Å². The minimum atomic E-state index is 0.0553. The Morgan fingerprint density at radius 2 is 2.12 bits per heavy atom. The number of rotatable bonds is 6. The summed E-state index contributed by atoms with van der Waals surface area (Å²) < 4.78 is 0. The molecule has 1 amide bonds. The molecule has 5 nitrogen and oxygen atoms in total. The van der Waals surface area contributed by atoms with Crippen molar-refractivity contribution in [2.24, 2.45) is 0 Å². The van der Waals surface area contributed by atoms with Gasteiger partial charge in [0.15, 0.2) is 5.13 Å². The molecule has 1 aliphatic rings. The topological polar surface area (TPSA) is 61.0 Å². The van der Waals surface area contributed by atoms with Gasteiger partial charge in [0.2, 0.25) is 5.91 Å². The molecule has 1 fully saturated rings. The van der Waals surface area contributed by atoms with Gasteiger partial charge in [0.05, 0.1) is 12.1 Å². The second-order valence-corrected chi connectivity index (χ2v) is 7.29. The molecular weight excluding hydrogens is 332 g/mol. The fourth-order valence-electron chi connectivity index (χ4n) is 3.31. The summed E-state index contributed by atoms with van der Waals surface area (Å²) in [6, 6.07) is 8.06. The molecule has 0 bridgehead atoms. The maximum atomic E-state index is 12.2. The van der Waals surface area contributed by atoms with E-state index in [9.17, 15) is 4.79 Å². The Morgan fingerprint density at radius 3 is 3.00 bits per heavy atom. The van der Waals surface area contributed by atoms with Crippen LogP contribution in [0.4, 0.5) is 5.13 Å². The molecule has 4 rings (SSSR count). The van der Waals surface area contributed by atoms with Crippen LogP contribution in [0.2, 0.25) is 0 Å². The van der Waals surface area contributed by atoms with Gasteiger partial charge in [-0.05, 0) is 24.5 Å². The third-order valence-electron chi connectivity index (χ3n) is 4.65. The van der Waals surface area contributed by atoms with Gasteiger partial charge in [-0.25, -0.2) is 4.98 Å². The van der Waals surface area contributed by atoms with Crippen LogP contribution >= 0.6 is 11.3 Å². The number of hydrogen-bond acceptors (Lipinski definition) is 4. The summed E-state index contributed by atoms with van der Waals surface area (Å²) in [6.45, 7) is 2.87. The Labute approximate surface area is 151 Å². The Hall–Kier alpha value is -2.34. The first-order chi connectivity index (χ1) is 12.3. The number of nitrogens with one attached hydrogen (secondary N) is 2. The molecule has 0 radical (unpaired) electrons. The van der Waals surface area contributed by atoms with Crippen LogP contribution in [0.1, 0.15) is 24.1 Å². The second kappa shape index (κ2) is 7.27. The summed E-state index contributed by atoms with van der Waals surface area (Å²) in [5.74, 6) is 0.0553. The fourth-order valence-corrected chi connectivity index (χ4v) is 4.22. The van der Waals surface area contributed by atoms with Gasteiger partial charge in [0.25, 0.3) is 0 Å². The van der Waals surface area contributed by atoms with E-state index in [1.165, 1.54) is 12.8 Å². The number of carbonyl (C=O) groups excluding carboxylic acids is 1. The molecule has 25 heavy (non-hydrogen) atoms. The van der Waals surface area contributed by atoms with Crippen LogP contribution in [0.15, 0.2) is 35.8 Å². The van der Waals surface area contributed by atoms with Gasteiger partial charge in [-0.2, -0.15) is 0 Å². The van der Waals surface area contributed by atoms with Crippen LogP contribution in [-0.4, -0.2) is 35.5 Å². The van der Waals surface area contributed by atoms with E-state index in [2.05, 4.69) is 20.6 Å². The molecule has 130 valence electrons. The second-order valence-electron chi connectivity index (χ2n) is 6.45. The first kappa shape index (κ1) is 16.1. The highest BCUT2D eigenvalue weighted by molar-refractivity contribution is 7.13. The van der Waals surface area contributed by atoms with E-state index in [0.717, 1.165) is 46.8 Å². The lowest BCUT2D eigenvalue weighted by molar-refractivity contribution is -0.120. The first-order valence-corrected chi connectivity index (χ1v) is 9.68. The van der Waals surface area contributed by atoms with E-state index >= 15 is 0 Å². The molecule has 3 heterocycles. The van der Waals surface area contributed by atoms with Crippen molar-refractivity contribution in [2.75, 3.05) is 24.5 Å². The zero-order valence-corrected chi connectivity index (χ0v) is 14.9. The summed E-state index contributed by atoms with van der Waals surface area (Å²) >= 11 is 1.71. The van der Waals surface area contributed by atoms with Crippen LogP contribution in [-0.2, 0) is 17.6 Å². The van der Waals surface area contributed by atoms with Gasteiger partial charge in [-0.1, -0.05) is 18.2 Å². The minimum Gasteiger partial charge on any atom is -0.361 e. The van der Waals surface area contributed by atoms with Crippen molar-refractivity contribution in [3.63, 3.8) is 0 Å². The molecule has 3 aromatic rings. The van der Waals surface area contributed by atoms with Gasteiger partial charge >= 0.3 is 0 Å². The summed E-state index contributed by atoms with van der Waals surface area (Å²) in [4.78, 5) is 22.5. The van der Waals surface area contributed by atoms with Crippen LogP contribution in [0.3, 0.4) is 0 Å². The maximum Gasteiger partial charge on any atom is 0.224 e. The highest BCUT2D eigenvalue weighted by Crippen LogP contribution is 2.24. The Morgan fingerprint density at radius 1 is 1.28 bits per heavy atom. The quantitative estimate of drug-likeness (QED) is 0.715. The van der Waals surface area contributed by atoms with Crippen molar-refractivity contribution in [3.05, 3.63) is 47.1 Å². The number of aromatic amines is 1. The normalized spacial score (nSPS) is 14.3. The maximum absolute atomic E-state index is 12.2. The summed E-state index contributed by atoms with van der Waals surface area (Å²) in [7, 11) is 0. The number of aromatic nitrogens is 2. The largest absolute Gasteiger partial charge is 0.361 e. The van der Waals surface area contributed by atoms with Crippen LogP contribution in [0, 0.1) is 0 Å². The highest BCUT2D eigenvalue weighted by Gasteiger charge is 2.15. The van der Waals surface area contributed by atoms with Crippen molar-refractivity contribution in [1.29, 1.82) is 0 Å². The molecule has 0 aliphatic carbocycles. The lowest BCUT2D eigenvalue weighted by Gasteiger charge is -2.12. The van der Waals surface area contributed by atoms with Crippen molar-refractivity contribution < 1.29 is 4.79 Å². The Balaban J connectivity index is 1.27. The van der Waals surface area contributed by atoms with Gasteiger partial charge in [-0.3, -0.25) is 4.79 Å². The number of hydrogen-bond donors (Lipinski definition) is 2. The van der Waals surface area contributed by atoms with E-state index in [1.807, 2.05) is 30.5 Å². The standard InChI is InChI=1S/C19H22N4OS/c24-18(11-14-12-21-17-6-2-1-5-16(14)17)20-8-7-15-13-25-19(22-15)23-9-3-4-10-23/h1-2,5-6,12-13,21H,3-4,7-11H2,(H,20,24). The number of anilines is 1. The first-order valence-electron chi connectivity index (χ1n) is 8.80. The van der Waals surface area contributed by atoms with Gasteiger partial charge in [0.1, 0.15) is 0 Å². The summed E-state index contributed by atoms with van der Waals surface area (Å²) in [5.41, 5.74) is 3.18. The van der Waals surface area contributed by atoms with Gasteiger partial charge in [0, 0.05) is 48.5 Å². The molecule has 2 aromatic heterocycles. The van der Waals surface area contributed by atoms with Gasteiger partial charge < -0.3 is 15.2 Å². The fraction of sp³-hybridized carbons (Fsp3) is 0.368. The number of thiazole rings is 1. The number of H-pyrrole nitrogens is 1. The number of amides is 1. The predicted octanol–water partition coefficient (Wildman–Crippen LogP) is 3.13. The summed E-state index contributed by atoms with van der Waals surface area (Å²) in [6.07, 6.45) is 5.63. The van der Waals surface area contributed by atoms with Crippen molar-refractivity contribution >= 4 is 33.3 Å². The molecule has 0 saturated carbocycles. The van der Waals surface area contributed by atoms with Gasteiger partial charge in [-0.15, -0.1) is 11.3 Å². The van der Waals surface area contributed by atoms with E-state index in [0.29, 0.717) is 13.0 Å². The molecule has 0 atom stereocenters. The number of para-hydroxylation sites is 1. The average molecular weight is 354 g/mol.